The van der Waals surface area contributed by atoms with E-state index in [9.17, 15) is 4.39 Å². The number of nitrogens with one attached hydrogen (secondary N) is 1. The van der Waals surface area contributed by atoms with Gasteiger partial charge in [-0.2, -0.15) is 0 Å². The fourth-order valence-electron chi connectivity index (χ4n) is 2.37. The molecule has 1 N–H and O–H groups in total. The molecule has 0 aliphatic heterocycles. The number of aryl methyl sites for hydroxylation is 2. The quantitative estimate of drug-likeness (QED) is 0.853. The van der Waals surface area contributed by atoms with Crippen LogP contribution in [0.25, 0.3) is 0 Å². The summed E-state index contributed by atoms with van der Waals surface area (Å²) in [5.41, 5.74) is 4.60. The standard InChI is InChI=1S/C17H19ClFN/c1-4-20-17(13-7-8-16(19)15(18)10-13)14-9-11(2)5-6-12(14)3/h5-10,17,20H,4H2,1-3H3. The summed E-state index contributed by atoms with van der Waals surface area (Å²) >= 11 is 5.91. The molecule has 2 aromatic carbocycles. The van der Waals surface area contributed by atoms with E-state index in [1.165, 1.54) is 22.8 Å². The lowest BCUT2D eigenvalue weighted by Gasteiger charge is -2.22. The van der Waals surface area contributed by atoms with Crippen LogP contribution in [0.1, 0.15) is 35.2 Å². The van der Waals surface area contributed by atoms with Crippen LogP contribution in [0.4, 0.5) is 4.39 Å². The van der Waals surface area contributed by atoms with Gasteiger partial charge >= 0.3 is 0 Å². The Hall–Kier alpha value is -1.38. The average Bonchev–Trinajstić information content (AvgIpc) is 2.42. The Morgan fingerprint density at radius 1 is 1.15 bits per heavy atom. The van der Waals surface area contributed by atoms with Crippen molar-refractivity contribution in [3.05, 3.63) is 69.5 Å². The SMILES string of the molecule is CCNC(c1ccc(F)c(Cl)c1)c1cc(C)ccc1C. The number of halogens is 2. The third-order valence-corrected chi connectivity index (χ3v) is 3.72. The van der Waals surface area contributed by atoms with Gasteiger partial charge in [-0.25, -0.2) is 4.39 Å². The molecule has 0 amide bonds. The minimum atomic E-state index is -0.383. The van der Waals surface area contributed by atoms with Crippen molar-refractivity contribution in [2.45, 2.75) is 26.8 Å². The molecule has 2 rings (SSSR count). The molecule has 106 valence electrons. The van der Waals surface area contributed by atoms with Crippen LogP contribution in [0.3, 0.4) is 0 Å². The van der Waals surface area contributed by atoms with Crippen molar-refractivity contribution in [2.24, 2.45) is 0 Å². The van der Waals surface area contributed by atoms with Crippen LogP contribution in [0, 0.1) is 19.7 Å². The second kappa shape index (κ2) is 6.38. The zero-order valence-electron chi connectivity index (χ0n) is 12.0. The molecule has 0 aromatic heterocycles. The Kier molecular flexibility index (Phi) is 4.79. The molecule has 0 bridgehead atoms. The van der Waals surface area contributed by atoms with Crippen molar-refractivity contribution in [1.29, 1.82) is 0 Å². The lowest BCUT2D eigenvalue weighted by atomic mass is 9.93. The van der Waals surface area contributed by atoms with Crippen molar-refractivity contribution >= 4 is 11.6 Å². The topological polar surface area (TPSA) is 12.0 Å². The highest BCUT2D eigenvalue weighted by atomic mass is 35.5. The van der Waals surface area contributed by atoms with Gasteiger partial charge in [-0.05, 0) is 49.2 Å². The second-order valence-electron chi connectivity index (χ2n) is 5.02. The predicted molar refractivity (Wildman–Crippen MR) is 82.8 cm³/mol. The minimum Gasteiger partial charge on any atom is -0.307 e. The molecule has 0 saturated heterocycles. The van der Waals surface area contributed by atoms with Crippen LogP contribution in [0.5, 0.6) is 0 Å². The summed E-state index contributed by atoms with van der Waals surface area (Å²) in [5.74, 6) is -0.383. The fraction of sp³-hybridized carbons (Fsp3) is 0.294. The average molecular weight is 292 g/mol. The van der Waals surface area contributed by atoms with E-state index < -0.39 is 0 Å². The second-order valence-corrected chi connectivity index (χ2v) is 5.43. The van der Waals surface area contributed by atoms with Crippen LogP contribution in [0.15, 0.2) is 36.4 Å². The van der Waals surface area contributed by atoms with Crippen LogP contribution in [0.2, 0.25) is 5.02 Å². The van der Waals surface area contributed by atoms with Gasteiger partial charge in [0, 0.05) is 0 Å². The highest BCUT2D eigenvalue weighted by Gasteiger charge is 2.16. The molecule has 0 radical (unpaired) electrons. The van der Waals surface area contributed by atoms with Gasteiger partial charge in [0.15, 0.2) is 0 Å². The largest absolute Gasteiger partial charge is 0.307 e. The lowest BCUT2D eigenvalue weighted by Crippen LogP contribution is -2.23. The van der Waals surface area contributed by atoms with Gasteiger partial charge < -0.3 is 5.32 Å². The normalized spacial score (nSPS) is 12.4. The minimum absolute atomic E-state index is 0.0259. The Morgan fingerprint density at radius 3 is 2.55 bits per heavy atom. The molecule has 20 heavy (non-hydrogen) atoms. The summed E-state index contributed by atoms with van der Waals surface area (Å²) in [6, 6.07) is 11.3. The van der Waals surface area contributed by atoms with Crippen molar-refractivity contribution in [3.63, 3.8) is 0 Å². The molecule has 1 unspecified atom stereocenters. The van der Waals surface area contributed by atoms with E-state index in [4.69, 9.17) is 11.6 Å². The molecule has 0 aliphatic rings. The summed E-state index contributed by atoms with van der Waals surface area (Å²) in [5, 5.41) is 3.61. The molecule has 0 heterocycles. The molecule has 3 heteroatoms. The molecule has 0 aliphatic carbocycles. The molecular formula is C17H19ClFN. The van der Waals surface area contributed by atoms with Gasteiger partial charge in [0.1, 0.15) is 5.82 Å². The van der Waals surface area contributed by atoms with Crippen molar-refractivity contribution < 1.29 is 4.39 Å². The molecule has 2 aromatic rings. The number of rotatable bonds is 4. The summed E-state index contributed by atoms with van der Waals surface area (Å²) in [4.78, 5) is 0. The van der Waals surface area contributed by atoms with E-state index >= 15 is 0 Å². The van der Waals surface area contributed by atoms with Gasteiger partial charge in [-0.1, -0.05) is 48.4 Å². The van der Waals surface area contributed by atoms with Crippen LogP contribution in [-0.4, -0.2) is 6.54 Å². The number of hydrogen-bond donors (Lipinski definition) is 1. The summed E-state index contributed by atoms with van der Waals surface area (Å²) in [6.07, 6.45) is 0. The third kappa shape index (κ3) is 3.20. The lowest BCUT2D eigenvalue weighted by molar-refractivity contribution is 0.612. The van der Waals surface area contributed by atoms with Crippen molar-refractivity contribution in [3.8, 4) is 0 Å². The smallest absolute Gasteiger partial charge is 0.141 e. The van der Waals surface area contributed by atoms with Gasteiger partial charge in [0.05, 0.1) is 11.1 Å². The number of benzene rings is 2. The monoisotopic (exact) mass is 291 g/mol. The maximum atomic E-state index is 13.3. The Balaban J connectivity index is 2.49. The van der Waals surface area contributed by atoms with E-state index in [1.807, 2.05) is 0 Å². The van der Waals surface area contributed by atoms with Crippen molar-refractivity contribution in [1.82, 2.24) is 5.32 Å². The zero-order chi connectivity index (χ0) is 14.7. The third-order valence-electron chi connectivity index (χ3n) is 3.43. The summed E-state index contributed by atoms with van der Waals surface area (Å²) in [7, 11) is 0. The maximum absolute atomic E-state index is 13.3. The molecule has 0 spiro atoms. The van der Waals surface area contributed by atoms with Crippen LogP contribution < -0.4 is 5.32 Å². The highest BCUT2D eigenvalue weighted by molar-refractivity contribution is 6.30. The first-order chi connectivity index (χ1) is 9.52. The summed E-state index contributed by atoms with van der Waals surface area (Å²) in [6.45, 7) is 7.05. The number of hydrogen-bond acceptors (Lipinski definition) is 1. The van der Waals surface area contributed by atoms with Gasteiger partial charge in [-0.3, -0.25) is 0 Å². The van der Waals surface area contributed by atoms with Gasteiger partial charge in [0.2, 0.25) is 0 Å². The summed E-state index contributed by atoms with van der Waals surface area (Å²) < 4.78 is 13.3. The van der Waals surface area contributed by atoms with Crippen LogP contribution in [-0.2, 0) is 0 Å². The van der Waals surface area contributed by atoms with E-state index in [0.29, 0.717) is 0 Å². The molecule has 1 nitrogen and oxygen atoms in total. The Bertz CT molecular complexity index is 610. The predicted octanol–water partition coefficient (Wildman–Crippen LogP) is 4.79. The molecule has 0 fully saturated rings. The van der Waals surface area contributed by atoms with Gasteiger partial charge in [-0.15, -0.1) is 0 Å². The Morgan fingerprint density at radius 2 is 1.90 bits per heavy atom. The molecular weight excluding hydrogens is 273 g/mol. The Labute approximate surface area is 124 Å². The first kappa shape index (κ1) is 15.0. The molecule has 1 atom stereocenters. The van der Waals surface area contributed by atoms with E-state index in [1.54, 1.807) is 12.1 Å². The first-order valence-corrected chi connectivity index (χ1v) is 7.16. The van der Waals surface area contributed by atoms with Crippen LogP contribution >= 0.6 is 11.6 Å². The zero-order valence-corrected chi connectivity index (χ0v) is 12.8. The fourth-order valence-corrected chi connectivity index (χ4v) is 2.56. The van der Waals surface area contributed by atoms with E-state index in [-0.39, 0.29) is 16.9 Å². The van der Waals surface area contributed by atoms with E-state index in [2.05, 4.69) is 44.3 Å². The van der Waals surface area contributed by atoms with Crippen molar-refractivity contribution in [2.75, 3.05) is 6.54 Å². The maximum Gasteiger partial charge on any atom is 0.141 e. The first-order valence-electron chi connectivity index (χ1n) is 6.78. The van der Waals surface area contributed by atoms with Gasteiger partial charge in [0.25, 0.3) is 0 Å². The highest BCUT2D eigenvalue weighted by Crippen LogP contribution is 2.28. The van der Waals surface area contributed by atoms with E-state index in [0.717, 1.165) is 12.1 Å². The molecule has 0 saturated carbocycles.